The maximum absolute atomic E-state index is 13.1. The highest BCUT2D eigenvalue weighted by Gasteiger charge is 2.34. The monoisotopic (exact) mass is 310 g/mol. The molecule has 126 valence electrons. The number of allylic oxidation sites excluding steroid dienone is 2. The molecule has 0 amide bonds. The van der Waals surface area contributed by atoms with Crippen molar-refractivity contribution in [2.45, 2.75) is 71.0 Å². The summed E-state index contributed by atoms with van der Waals surface area (Å²) in [6.45, 7) is 3.98. The van der Waals surface area contributed by atoms with Crippen LogP contribution in [0.4, 0.5) is 4.39 Å². The first-order valence-electron chi connectivity index (χ1n) is 9.34. The lowest BCUT2D eigenvalue weighted by atomic mass is 9.75. The maximum Gasteiger partial charge on any atom is 0.160 e. The molecule has 0 aromatic carbocycles. The van der Waals surface area contributed by atoms with Gasteiger partial charge in [-0.25, -0.2) is 4.39 Å². The quantitative estimate of drug-likeness (QED) is 0.707. The first-order chi connectivity index (χ1) is 10.8. The second-order valence-corrected chi connectivity index (χ2v) is 7.55. The Morgan fingerprint density at radius 1 is 1.00 bits per heavy atom. The molecule has 3 rings (SSSR count). The summed E-state index contributed by atoms with van der Waals surface area (Å²) in [6.07, 6.45) is 12.0. The molecule has 0 radical (unpaired) electrons. The van der Waals surface area contributed by atoms with Gasteiger partial charge in [0.25, 0.3) is 0 Å². The highest BCUT2D eigenvalue weighted by Crippen LogP contribution is 2.38. The summed E-state index contributed by atoms with van der Waals surface area (Å²) in [7, 11) is 0. The van der Waals surface area contributed by atoms with E-state index in [0.717, 1.165) is 37.9 Å². The second-order valence-electron chi connectivity index (χ2n) is 7.55. The summed E-state index contributed by atoms with van der Waals surface area (Å²) in [4.78, 5) is 0. The van der Waals surface area contributed by atoms with E-state index in [2.05, 4.69) is 6.92 Å². The second kappa shape index (κ2) is 7.92. The molecule has 0 spiro atoms. The van der Waals surface area contributed by atoms with Crippen LogP contribution in [0.1, 0.15) is 64.7 Å². The lowest BCUT2D eigenvalue weighted by molar-refractivity contribution is -0.233. The van der Waals surface area contributed by atoms with Crippen LogP contribution in [0.2, 0.25) is 0 Å². The van der Waals surface area contributed by atoms with E-state index < -0.39 is 0 Å². The first kappa shape index (κ1) is 16.4. The Balaban J connectivity index is 1.41. The van der Waals surface area contributed by atoms with Crippen LogP contribution >= 0.6 is 0 Å². The molecule has 1 aliphatic heterocycles. The van der Waals surface area contributed by atoms with E-state index in [1.54, 1.807) is 6.08 Å². The third kappa shape index (κ3) is 4.11. The normalized spacial score (nSPS) is 40.3. The Hall–Kier alpha value is -0.410. The van der Waals surface area contributed by atoms with Crippen LogP contribution in [0.5, 0.6) is 0 Å². The van der Waals surface area contributed by atoms with Crippen molar-refractivity contribution >= 4 is 0 Å². The van der Waals surface area contributed by atoms with Crippen LogP contribution in [0.15, 0.2) is 11.9 Å². The summed E-state index contributed by atoms with van der Waals surface area (Å²) >= 11 is 0. The molecule has 2 aliphatic carbocycles. The van der Waals surface area contributed by atoms with E-state index in [1.807, 2.05) is 0 Å². The number of hydrogen-bond acceptors (Lipinski definition) is 2. The minimum Gasteiger partial charge on any atom is -0.352 e. The largest absolute Gasteiger partial charge is 0.352 e. The van der Waals surface area contributed by atoms with Gasteiger partial charge >= 0.3 is 0 Å². The van der Waals surface area contributed by atoms with Gasteiger partial charge in [0.15, 0.2) is 6.29 Å². The van der Waals surface area contributed by atoms with E-state index in [1.165, 1.54) is 38.5 Å². The minimum absolute atomic E-state index is 0.0359. The van der Waals surface area contributed by atoms with Gasteiger partial charge in [0.1, 0.15) is 0 Å². The zero-order chi connectivity index (χ0) is 15.4. The minimum atomic E-state index is -0.1000. The molecule has 0 aromatic rings. The van der Waals surface area contributed by atoms with E-state index in [4.69, 9.17) is 9.47 Å². The summed E-state index contributed by atoms with van der Waals surface area (Å²) in [5.74, 6) is 2.71. The average Bonchev–Trinajstić information content (AvgIpc) is 2.57. The number of ether oxygens (including phenoxy) is 2. The third-order valence-corrected chi connectivity index (χ3v) is 5.99. The zero-order valence-electron chi connectivity index (χ0n) is 13.9. The van der Waals surface area contributed by atoms with E-state index in [9.17, 15) is 4.39 Å². The molecular weight excluding hydrogens is 279 g/mol. The van der Waals surface area contributed by atoms with Crippen molar-refractivity contribution in [2.24, 2.45) is 23.7 Å². The van der Waals surface area contributed by atoms with Crippen molar-refractivity contribution < 1.29 is 13.9 Å². The topological polar surface area (TPSA) is 18.5 Å². The molecule has 1 saturated heterocycles. The molecule has 1 unspecified atom stereocenters. The summed E-state index contributed by atoms with van der Waals surface area (Å²) in [5.41, 5.74) is 0. The van der Waals surface area contributed by atoms with Gasteiger partial charge in [-0.2, -0.15) is 0 Å². The fourth-order valence-corrected chi connectivity index (χ4v) is 4.50. The maximum atomic E-state index is 13.1. The lowest BCUT2D eigenvalue weighted by Crippen LogP contribution is -2.40. The summed E-state index contributed by atoms with van der Waals surface area (Å²) in [5, 5.41) is 0. The number of hydrogen-bond donors (Lipinski definition) is 0. The highest BCUT2D eigenvalue weighted by atomic mass is 19.1. The van der Waals surface area contributed by atoms with Gasteiger partial charge in [0.05, 0.1) is 19.0 Å². The highest BCUT2D eigenvalue weighted by molar-refractivity contribution is 4.98. The van der Waals surface area contributed by atoms with Gasteiger partial charge in [-0.15, -0.1) is 0 Å². The molecule has 2 nitrogen and oxygen atoms in total. The van der Waals surface area contributed by atoms with Crippen molar-refractivity contribution in [2.75, 3.05) is 13.2 Å². The average molecular weight is 310 g/mol. The zero-order valence-corrected chi connectivity index (χ0v) is 13.9. The standard InChI is InChI=1S/C19H31FO2/c1-2-3-14-4-6-15(7-5-14)17-12-21-19(22-13-17)16-8-10-18(20)11-9-16/h10,14-17,19H,2-9,11-13H2,1H3. The smallest absolute Gasteiger partial charge is 0.160 e. The van der Waals surface area contributed by atoms with Crippen molar-refractivity contribution in [3.63, 3.8) is 0 Å². The fourth-order valence-electron chi connectivity index (χ4n) is 4.50. The molecule has 22 heavy (non-hydrogen) atoms. The van der Waals surface area contributed by atoms with E-state index >= 15 is 0 Å². The molecule has 0 bridgehead atoms. The van der Waals surface area contributed by atoms with Crippen molar-refractivity contribution in [3.05, 3.63) is 11.9 Å². The third-order valence-electron chi connectivity index (χ3n) is 5.99. The van der Waals surface area contributed by atoms with Crippen molar-refractivity contribution in [3.8, 4) is 0 Å². The number of rotatable bonds is 4. The molecule has 3 aliphatic rings. The SMILES string of the molecule is CCCC1CCC(C2COC(C3CC=C(F)CC3)OC2)CC1. The lowest BCUT2D eigenvalue weighted by Gasteiger charge is -2.40. The van der Waals surface area contributed by atoms with Gasteiger partial charge < -0.3 is 9.47 Å². The Morgan fingerprint density at radius 3 is 2.32 bits per heavy atom. The summed E-state index contributed by atoms with van der Waals surface area (Å²) < 4.78 is 25.1. The Morgan fingerprint density at radius 2 is 1.73 bits per heavy atom. The van der Waals surface area contributed by atoms with Gasteiger partial charge in [-0.05, 0) is 43.9 Å². The first-order valence-corrected chi connectivity index (χ1v) is 9.34. The Kier molecular flexibility index (Phi) is 5.92. The van der Waals surface area contributed by atoms with Crippen molar-refractivity contribution in [1.82, 2.24) is 0 Å². The molecular formula is C19H31FO2. The molecule has 1 heterocycles. The molecule has 0 N–H and O–H groups in total. The van der Waals surface area contributed by atoms with Crippen LogP contribution < -0.4 is 0 Å². The van der Waals surface area contributed by atoms with Gasteiger partial charge in [-0.3, -0.25) is 0 Å². The van der Waals surface area contributed by atoms with Crippen molar-refractivity contribution in [1.29, 1.82) is 0 Å². The summed E-state index contributed by atoms with van der Waals surface area (Å²) in [6, 6.07) is 0. The Bertz CT molecular complexity index is 366. The van der Waals surface area contributed by atoms with Crippen LogP contribution in [0, 0.1) is 23.7 Å². The number of halogens is 1. The van der Waals surface area contributed by atoms with Crippen LogP contribution in [-0.4, -0.2) is 19.5 Å². The molecule has 1 atom stereocenters. The van der Waals surface area contributed by atoms with Crippen LogP contribution in [-0.2, 0) is 9.47 Å². The Labute approximate surface area is 134 Å². The van der Waals surface area contributed by atoms with Crippen LogP contribution in [0.3, 0.4) is 0 Å². The molecule has 0 aromatic heterocycles. The van der Waals surface area contributed by atoms with E-state index in [0.29, 0.717) is 18.3 Å². The predicted octanol–water partition coefficient (Wildman–Crippen LogP) is 5.24. The molecule has 3 heteroatoms. The molecule has 1 saturated carbocycles. The van der Waals surface area contributed by atoms with Gasteiger partial charge in [0, 0.05) is 11.8 Å². The van der Waals surface area contributed by atoms with Gasteiger partial charge in [0.2, 0.25) is 0 Å². The van der Waals surface area contributed by atoms with E-state index in [-0.39, 0.29) is 12.1 Å². The predicted molar refractivity (Wildman–Crippen MR) is 86.1 cm³/mol. The fraction of sp³-hybridized carbons (Fsp3) is 0.895. The van der Waals surface area contributed by atoms with Crippen LogP contribution in [0.25, 0.3) is 0 Å². The van der Waals surface area contributed by atoms with Gasteiger partial charge in [-0.1, -0.05) is 38.7 Å². The molecule has 2 fully saturated rings.